The molecule has 149 heavy (non-hydrogen) atoms. The van der Waals surface area contributed by atoms with Crippen LogP contribution >= 0.6 is 0 Å². The Bertz CT molecular complexity index is 3880. The van der Waals surface area contributed by atoms with Gasteiger partial charge in [-0.25, -0.2) is 4.79 Å². The molecule has 0 spiro atoms. The van der Waals surface area contributed by atoms with Crippen LogP contribution in [-0.4, -0.2) is 584 Å². The Balaban J connectivity index is 0.932. The molecule has 0 bridgehead atoms. The molecule has 0 aromatic heterocycles. The number of aliphatic hydroxyl groups is 26. The first-order valence-electron chi connectivity index (χ1n) is 50.0. The summed E-state index contributed by atoms with van der Waals surface area (Å²) in [7, 11) is 0. The summed E-state index contributed by atoms with van der Waals surface area (Å²) in [6, 6.07) is -1.56. The number of unbranched alkanes of at least 4 members (excludes halogenated alkanes) is 6. The lowest BCUT2D eigenvalue weighted by Crippen LogP contribution is -2.65. The summed E-state index contributed by atoms with van der Waals surface area (Å²) in [5.74, 6) is -7.21. The van der Waals surface area contributed by atoms with Crippen LogP contribution in [0.1, 0.15) is 128 Å². The Kier molecular flexibility index (Phi) is 55.9. The topological polar surface area (TPSA) is 908 Å². The minimum atomic E-state index is -2.10. The van der Waals surface area contributed by atoms with Crippen LogP contribution in [0.25, 0.3) is 0 Å². The van der Waals surface area contributed by atoms with E-state index >= 15 is 0 Å². The Morgan fingerprint density at radius 1 is 0.309 bits per heavy atom. The lowest BCUT2D eigenvalue weighted by molar-refractivity contribution is -0.366. The summed E-state index contributed by atoms with van der Waals surface area (Å²) in [6.07, 6.45) is -58.6. The molecule has 8 saturated heterocycles. The van der Waals surface area contributed by atoms with Gasteiger partial charge in [-0.05, 0) is 70.6 Å². The van der Waals surface area contributed by atoms with E-state index in [2.05, 4.69) is 26.6 Å². The quantitative estimate of drug-likeness (QED) is 0.0199. The summed E-state index contributed by atoms with van der Waals surface area (Å²) >= 11 is 0. The van der Waals surface area contributed by atoms with Gasteiger partial charge in [0.1, 0.15) is 177 Å². The van der Waals surface area contributed by atoms with Crippen molar-refractivity contribution in [2.45, 2.75) is 349 Å². The number of aliphatic hydroxyl groups excluding tert-OH is 26. The predicted octanol–water partition coefficient (Wildman–Crippen LogP) is -17.7. The second-order valence-electron chi connectivity index (χ2n) is 37.3. The van der Waals surface area contributed by atoms with Crippen molar-refractivity contribution in [2.24, 2.45) is 0 Å². The van der Waals surface area contributed by atoms with E-state index in [4.69, 9.17) is 71.2 Å². The molecule has 0 saturated carbocycles. The number of hydrogen-bond donors (Lipinski definition) is 31. The molecule has 8 rings (SSSR count). The van der Waals surface area contributed by atoms with Gasteiger partial charge in [0.15, 0.2) is 44.0 Å². The van der Waals surface area contributed by atoms with E-state index in [1.807, 2.05) is 0 Å². The zero-order chi connectivity index (χ0) is 109. The van der Waals surface area contributed by atoms with Gasteiger partial charge in [0.25, 0.3) is 11.8 Å². The van der Waals surface area contributed by atoms with Gasteiger partial charge in [0.05, 0.1) is 98.9 Å². The molecule has 0 aromatic carbocycles. The lowest BCUT2D eigenvalue weighted by atomic mass is 9.96. The Morgan fingerprint density at radius 2 is 0.617 bits per heavy atom. The molecule has 8 heterocycles. The van der Waals surface area contributed by atoms with Crippen molar-refractivity contribution in [1.29, 1.82) is 0 Å². The summed E-state index contributed by atoms with van der Waals surface area (Å²) < 4.78 is 78.2. The Morgan fingerprint density at radius 3 is 0.993 bits per heavy atom. The summed E-state index contributed by atoms with van der Waals surface area (Å²) in [6.45, 7) is -9.77. The number of amides is 9. The minimum absolute atomic E-state index is 0.00223. The van der Waals surface area contributed by atoms with Gasteiger partial charge in [-0.1, -0.05) is 19.3 Å². The molecule has 8 aliphatic heterocycles. The third-order valence-electron chi connectivity index (χ3n) is 26.0. The molecule has 9 amide bonds. The normalized spacial score (nSPS) is 34.1. The average molecular weight is 2170 g/mol. The Hall–Kier alpha value is -6.74. The van der Waals surface area contributed by atoms with Crippen molar-refractivity contribution in [3.05, 3.63) is 0 Å². The van der Waals surface area contributed by atoms with E-state index in [1.165, 1.54) is 9.80 Å². The molecule has 0 unspecified atom stereocenters. The number of nitrogens with one attached hydrogen (secondary N) is 5. The number of nitrogens with zero attached hydrogens (tertiary/aromatic N) is 4. The first-order valence-corrected chi connectivity index (χ1v) is 50.0. The van der Waals surface area contributed by atoms with Crippen LogP contribution in [-0.2, 0) is 119 Å². The van der Waals surface area contributed by atoms with Crippen LogP contribution in [0.15, 0.2) is 0 Å². The van der Waals surface area contributed by atoms with E-state index in [9.17, 15) is 181 Å². The lowest BCUT2D eigenvalue weighted by Gasteiger charge is -2.46. The number of carbonyl (C=O) groups excluding carboxylic acids is 10. The molecule has 60 heteroatoms. The van der Waals surface area contributed by atoms with E-state index in [0.29, 0.717) is 11.5 Å². The van der Waals surface area contributed by atoms with Gasteiger partial charge in [-0.15, -0.1) is 5.06 Å². The first-order chi connectivity index (χ1) is 71.1. The fourth-order valence-electron chi connectivity index (χ4n) is 17.2. The highest BCUT2D eigenvalue weighted by Crippen LogP contribution is 2.34. The highest BCUT2D eigenvalue weighted by molar-refractivity contribution is 6.01. The number of hydrogen-bond acceptors (Lipinski definition) is 52. The standard InChI is InChI=1S/C89H153N9O51/c99-37-45-61(114)68(121)74(127)83(141-45)135-29-10-25-96(26-11-30-136-84-75(128)69(122)62(115)46(38-100)142-84)56(109)14-4-1-7-21-90-52(105)18-17-44(82(134)93-23-9-2-5-15-57(110)97(27-12-31-137-85-76(129)70(123)63(116)47(39-101)143-85)28-13-32-138-86-77(130)71(124)64(117)48(40-102)144-86)94-55(108)36-95(34-53(106)91-22-8-3-6-16-60(113)149-98-58(111)19-20-59(98)112)35-54(107)92-24-33-139-88-80(133)81(148-89-79(132)73(126)66(119)50(42-104)146-89)67(120)51(147-88)43-140-87-78(131)72(125)65(118)49(41-103)145-87/h44-51,61-81,83-89,99-104,114-133H,1-43H2,(H,90,105)(H,91,106)(H,92,107)(H,93,134)(H,94,108)/t44-,45+,46+,47+,48+,49+,50+,51+,61+,62+,63+,64+,65+,66+,67+,68-,69-,70-,71-,72-,73-,74-,75-,76-,77-,78-,79-,80-,81-,83-,84-,85-,86-,87-,88-,89+/m0/s1. The average Bonchev–Trinajstić information content (AvgIpc) is 1.53. The molecular weight excluding hydrogens is 2010 g/mol. The van der Waals surface area contributed by atoms with E-state index in [-0.39, 0.29) is 187 Å². The number of hydroxylamine groups is 2. The van der Waals surface area contributed by atoms with Gasteiger partial charge in [0, 0.05) is 90.9 Å². The molecule has 8 fully saturated rings. The molecule has 60 nitrogen and oxygen atoms in total. The smallest absolute Gasteiger partial charge is 0.333 e. The van der Waals surface area contributed by atoms with Crippen LogP contribution in [0, 0.1) is 0 Å². The van der Waals surface area contributed by atoms with Crippen molar-refractivity contribution in [3.63, 3.8) is 0 Å². The SMILES string of the molecule is O=C(CC[C@H](NC(=O)CN(CC(=O)NCCCCCC(=O)ON1C(=O)CCC1=O)CC(=O)NCCO[C@H]1O[C@H](CO[C@H]2O[C@H](CO)[C@@H](O)[C@H](O)[C@@H]2O)[C@@H](O)[C@H](O[C@H]2O[C@H](CO)[C@@H](O)[C@H](O)[C@@H]2O)[C@@H]1O)C(=O)NCCCCCC(=O)N(CCCO[C@H]1O[C@H](CO)[C@@H](O)[C@H](O)[C@@H]1O)CCCO[C@H]1O[C@H](CO)[C@@H](O)[C@H](O)[C@@H]1O)NCCCCCC(=O)N(CCCO[C@H]1O[C@H](CO)[C@@H](O)[C@H](O)[C@@H]1O)CCCO[C@H]1O[C@H](CO)[C@@H](O)[C@H](O)[C@@H]1O. The number of imide groups is 1. The fourth-order valence-corrected chi connectivity index (χ4v) is 17.2. The predicted molar refractivity (Wildman–Crippen MR) is 488 cm³/mol. The van der Waals surface area contributed by atoms with Crippen molar-refractivity contribution in [1.82, 2.24) is 46.3 Å². The number of rotatable bonds is 65. The van der Waals surface area contributed by atoms with E-state index in [1.54, 1.807) is 0 Å². The molecular formula is C89H153N9O51. The highest BCUT2D eigenvalue weighted by Gasteiger charge is 2.55. The third-order valence-corrected chi connectivity index (χ3v) is 26.0. The van der Waals surface area contributed by atoms with Gasteiger partial charge in [0.2, 0.25) is 41.4 Å². The van der Waals surface area contributed by atoms with Crippen LogP contribution in [0.4, 0.5) is 0 Å². The number of ether oxygens (including phenoxy) is 14. The molecule has 8 aliphatic rings. The summed E-state index contributed by atoms with van der Waals surface area (Å²) in [4.78, 5) is 144. The van der Waals surface area contributed by atoms with Crippen LogP contribution in [0.5, 0.6) is 0 Å². The van der Waals surface area contributed by atoms with Crippen LogP contribution in [0.3, 0.4) is 0 Å². The van der Waals surface area contributed by atoms with Crippen LogP contribution < -0.4 is 26.6 Å². The van der Waals surface area contributed by atoms with Gasteiger partial charge in [-0.2, -0.15) is 0 Å². The van der Waals surface area contributed by atoms with E-state index < -0.39 is 366 Å². The molecule has 31 N–H and O–H groups in total. The maximum atomic E-state index is 14.5. The maximum absolute atomic E-state index is 14.5. The molecule has 0 aliphatic carbocycles. The first kappa shape index (κ1) is 127. The molecule has 860 valence electrons. The van der Waals surface area contributed by atoms with Gasteiger partial charge >= 0.3 is 5.97 Å². The van der Waals surface area contributed by atoms with Crippen molar-refractivity contribution in [3.8, 4) is 0 Å². The van der Waals surface area contributed by atoms with Gasteiger partial charge in [-0.3, -0.25) is 48.1 Å². The highest BCUT2D eigenvalue weighted by atomic mass is 16.8. The Labute approximate surface area is 855 Å². The molecule has 36 atom stereocenters. The fraction of sp³-hybridized carbons (Fsp3) is 0.888. The maximum Gasteiger partial charge on any atom is 0.333 e. The van der Waals surface area contributed by atoms with Gasteiger partial charge < -0.3 is 240 Å². The van der Waals surface area contributed by atoms with Crippen molar-refractivity contribution in [2.75, 3.05) is 151 Å². The number of carbonyl (C=O) groups is 10. The zero-order valence-electron chi connectivity index (χ0n) is 82.3. The van der Waals surface area contributed by atoms with Crippen LogP contribution in [0.2, 0.25) is 0 Å². The van der Waals surface area contributed by atoms with Crippen molar-refractivity contribution < 1.29 is 252 Å². The second kappa shape index (κ2) is 65.3. The second-order valence-corrected chi connectivity index (χ2v) is 37.3. The molecule has 0 radical (unpaired) electrons. The van der Waals surface area contributed by atoms with Crippen molar-refractivity contribution >= 4 is 59.1 Å². The summed E-state index contributed by atoms with van der Waals surface area (Å²) in [5.41, 5.74) is 0. The summed E-state index contributed by atoms with van der Waals surface area (Å²) in [5, 5.41) is 283. The van der Waals surface area contributed by atoms with E-state index in [0.717, 1.165) is 4.90 Å². The largest absolute Gasteiger partial charge is 0.394 e. The minimum Gasteiger partial charge on any atom is -0.394 e. The monoisotopic (exact) mass is 2160 g/mol. The third kappa shape index (κ3) is 38.6. The zero-order valence-corrected chi connectivity index (χ0v) is 82.3. The molecule has 0 aromatic rings.